The highest BCUT2D eigenvalue weighted by Crippen LogP contribution is 2.50. The first kappa shape index (κ1) is 15.2. The Bertz CT molecular complexity index is 709. The van der Waals surface area contributed by atoms with Crippen LogP contribution in [0.15, 0.2) is 29.9 Å². The topological polar surface area (TPSA) is 37.3 Å². The second-order valence-corrected chi connectivity index (χ2v) is 7.11. The van der Waals surface area contributed by atoms with Crippen LogP contribution in [0.5, 0.6) is 0 Å². The number of Topliss-reactive ketones (excluding diaryl/α,β-unsaturated/α-hetero) is 1. The zero-order chi connectivity index (χ0) is 16.2. The van der Waals surface area contributed by atoms with Crippen molar-refractivity contribution >= 4 is 11.9 Å². The van der Waals surface area contributed by atoms with Crippen LogP contribution < -0.4 is 0 Å². The van der Waals surface area contributed by atoms with Gasteiger partial charge >= 0.3 is 0 Å². The highest BCUT2D eigenvalue weighted by Gasteiger charge is 2.53. The summed E-state index contributed by atoms with van der Waals surface area (Å²) in [5, 5.41) is 11.6. The van der Waals surface area contributed by atoms with Gasteiger partial charge in [0.1, 0.15) is 0 Å². The fraction of sp³-hybridized carbons (Fsp3) is 0.450. The van der Waals surface area contributed by atoms with Crippen molar-refractivity contribution in [3.8, 4) is 0 Å². The van der Waals surface area contributed by atoms with Crippen molar-refractivity contribution in [3.63, 3.8) is 0 Å². The van der Waals surface area contributed by atoms with Gasteiger partial charge in [-0.25, -0.2) is 0 Å². The first-order chi connectivity index (χ1) is 10.3. The Balaban J connectivity index is 2.36. The molecule has 0 saturated carbocycles. The summed E-state index contributed by atoms with van der Waals surface area (Å²) in [6.07, 6.45) is 3.65. The Morgan fingerprint density at radius 1 is 1.41 bits per heavy atom. The molecule has 0 saturated heterocycles. The van der Waals surface area contributed by atoms with Gasteiger partial charge in [0.05, 0.1) is 0 Å². The van der Waals surface area contributed by atoms with Crippen molar-refractivity contribution < 1.29 is 9.90 Å². The van der Waals surface area contributed by atoms with Crippen LogP contribution in [-0.2, 0) is 16.8 Å². The summed E-state index contributed by atoms with van der Waals surface area (Å²) in [6, 6.07) is 4.13. The van der Waals surface area contributed by atoms with Crippen molar-refractivity contribution in [2.75, 3.05) is 0 Å². The van der Waals surface area contributed by atoms with E-state index in [1.165, 1.54) is 0 Å². The maximum absolute atomic E-state index is 13.1. The summed E-state index contributed by atoms with van der Waals surface area (Å²) < 4.78 is 0. The van der Waals surface area contributed by atoms with Gasteiger partial charge in [-0.3, -0.25) is 4.79 Å². The van der Waals surface area contributed by atoms with Gasteiger partial charge in [0.2, 0.25) is 0 Å². The number of carbonyl (C=O) groups is 1. The highest BCUT2D eigenvalue weighted by molar-refractivity contribution is 6.09. The molecule has 0 fully saturated rings. The van der Waals surface area contributed by atoms with E-state index in [2.05, 4.69) is 19.6 Å². The molecule has 116 valence electrons. The van der Waals surface area contributed by atoms with Gasteiger partial charge in [0.25, 0.3) is 0 Å². The number of ketones is 1. The third-order valence-electron chi connectivity index (χ3n) is 5.28. The van der Waals surface area contributed by atoms with Gasteiger partial charge in [-0.15, -0.1) is 0 Å². The molecule has 2 atom stereocenters. The second-order valence-electron chi connectivity index (χ2n) is 7.11. The van der Waals surface area contributed by atoms with E-state index in [1.807, 2.05) is 32.9 Å². The molecule has 0 bridgehead atoms. The van der Waals surface area contributed by atoms with Gasteiger partial charge in [-0.1, -0.05) is 38.1 Å². The van der Waals surface area contributed by atoms with E-state index in [9.17, 15) is 9.90 Å². The summed E-state index contributed by atoms with van der Waals surface area (Å²) in [7, 11) is 0. The average molecular weight is 296 g/mol. The van der Waals surface area contributed by atoms with Gasteiger partial charge in [0, 0.05) is 17.1 Å². The molecule has 0 heterocycles. The van der Waals surface area contributed by atoms with Crippen molar-refractivity contribution in [3.05, 3.63) is 52.1 Å². The molecule has 2 heteroatoms. The SMILES string of the molecule is C=C(C)C1CCc2c(C)ccc3c2[C@]1(O)C(=O)C(C(C)C)=C3. The Hall–Kier alpha value is -1.67. The fourth-order valence-corrected chi connectivity index (χ4v) is 4.09. The molecule has 2 aliphatic rings. The lowest BCUT2D eigenvalue weighted by molar-refractivity contribution is -0.141. The molecule has 0 amide bonds. The highest BCUT2D eigenvalue weighted by atomic mass is 16.3. The molecule has 1 aromatic carbocycles. The minimum absolute atomic E-state index is 0.0992. The lowest BCUT2D eigenvalue weighted by Crippen LogP contribution is -2.50. The molecule has 3 rings (SSSR count). The maximum atomic E-state index is 13.1. The van der Waals surface area contributed by atoms with Gasteiger partial charge < -0.3 is 5.11 Å². The van der Waals surface area contributed by atoms with Crippen LogP contribution in [-0.4, -0.2) is 10.9 Å². The van der Waals surface area contributed by atoms with Gasteiger partial charge in [-0.2, -0.15) is 0 Å². The fourth-order valence-electron chi connectivity index (χ4n) is 4.09. The molecule has 2 aliphatic carbocycles. The van der Waals surface area contributed by atoms with E-state index in [0.717, 1.165) is 46.2 Å². The molecule has 2 nitrogen and oxygen atoms in total. The summed E-state index contributed by atoms with van der Waals surface area (Å²) >= 11 is 0. The van der Waals surface area contributed by atoms with E-state index in [0.29, 0.717) is 0 Å². The van der Waals surface area contributed by atoms with Crippen LogP contribution in [0.2, 0.25) is 0 Å². The number of aryl methyl sites for hydroxylation is 1. The quantitative estimate of drug-likeness (QED) is 0.839. The first-order valence-electron chi connectivity index (χ1n) is 8.05. The molecule has 0 spiro atoms. The normalized spacial score (nSPS) is 26.7. The lowest BCUT2D eigenvalue weighted by atomic mass is 9.61. The van der Waals surface area contributed by atoms with Gasteiger partial charge in [0.15, 0.2) is 11.4 Å². The molecule has 1 unspecified atom stereocenters. The number of hydrogen-bond donors (Lipinski definition) is 1. The van der Waals surface area contributed by atoms with Crippen LogP contribution >= 0.6 is 0 Å². The number of aliphatic hydroxyl groups is 1. The smallest absolute Gasteiger partial charge is 0.195 e. The monoisotopic (exact) mass is 296 g/mol. The zero-order valence-corrected chi connectivity index (χ0v) is 13.9. The van der Waals surface area contributed by atoms with E-state index in [-0.39, 0.29) is 17.6 Å². The Morgan fingerprint density at radius 2 is 2.09 bits per heavy atom. The molecule has 0 radical (unpaired) electrons. The molecule has 0 aliphatic heterocycles. The molecule has 22 heavy (non-hydrogen) atoms. The van der Waals surface area contributed by atoms with Crippen molar-refractivity contribution in [1.82, 2.24) is 0 Å². The van der Waals surface area contributed by atoms with Crippen molar-refractivity contribution in [1.29, 1.82) is 0 Å². The Kier molecular flexibility index (Phi) is 3.41. The standard InChI is InChI=1S/C20H24O2/c1-11(2)16-10-14-7-6-13(5)15-8-9-17(12(3)4)20(22,18(14)15)19(16)21/h6-7,10-11,17,22H,3,8-9H2,1-2,4-5H3/t17?,20-/m0/s1. The third-order valence-corrected chi connectivity index (χ3v) is 5.28. The third kappa shape index (κ3) is 1.87. The lowest BCUT2D eigenvalue weighted by Gasteiger charge is -2.45. The zero-order valence-electron chi connectivity index (χ0n) is 13.9. The molecule has 0 aromatic heterocycles. The van der Waals surface area contributed by atoms with Crippen molar-refractivity contribution in [2.24, 2.45) is 11.8 Å². The minimum atomic E-state index is -1.44. The largest absolute Gasteiger partial charge is 0.376 e. The summed E-state index contributed by atoms with van der Waals surface area (Å²) in [4.78, 5) is 13.1. The summed E-state index contributed by atoms with van der Waals surface area (Å²) in [6.45, 7) is 12.0. The number of rotatable bonds is 2. The average Bonchev–Trinajstić information content (AvgIpc) is 2.44. The summed E-state index contributed by atoms with van der Waals surface area (Å²) in [5.41, 5.74) is 4.31. The molecule has 1 N–H and O–H groups in total. The number of carbonyl (C=O) groups excluding carboxylic acids is 1. The Morgan fingerprint density at radius 3 is 2.68 bits per heavy atom. The van der Waals surface area contributed by atoms with E-state index in [4.69, 9.17) is 0 Å². The predicted molar refractivity (Wildman–Crippen MR) is 89.5 cm³/mol. The van der Waals surface area contributed by atoms with Crippen LogP contribution in [0.4, 0.5) is 0 Å². The molecular formula is C20H24O2. The molecular weight excluding hydrogens is 272 g/mol. The van der Waals surface area contributed by atoms with Crippen LogP contribution in [0.1, 0.15) is 49.4 Å². The second kappa shape index (κ2) is 4.92. The predicted octanol–water partition coefficient (Wildman–Crippen LogP) is 3.94. The summed E-state index contributed by atoms with van der Waals surface area (Å²) in [5.74, 6) is -0.229. The number of benzene rings is 1. The van der Waals surface area contributed by atoms with E-state index < -0.39 is 5.60 Å². The van der Waals surface area contributed by atoms with Crippen molar-refractivity contribution in [2.45, 2.75) is 46.1 Å². The van der Waals surface area contributed by atoms with E-state index >= 15 is 0 Å². The Labute approximate surface area is 132 Å². The van der Waals surface area contributed by atoms with Gasteiger partial charge in [-0.05, 0) is 55.4 Å². The van der Waals surface area contributed by atoms with Crippen LogP contribution in [0.3, 0.4) is 0 Å². The maximum Gasteiger partial charge on any atom is 0.195 e. The van der Waals surface area contributed by atoms with E-state index in [1.54, 1.807) is 0 Å². The van der Waals surface area contributed by atoms with Crippen LogP contribution in [0.25, 0.3) is 6.08 Å². The minimum Gasteiger partial charge on any atom is -0.376 e. The number of hydrogen-bond acceptors (Lipinski definition) is 2. The first-order valence-corrected chi connectivity index (χ1v) is 8.05. The molecule has 1 aromatic rings. The van der Waals surface area contributed by atoms with Crippen LogP contribution in [0, 0.1) is 18.8 Å².